The molecular formula is C18H21F3N3O4P. The lowest BCUT2D eigenvalue weighted by Crippen LogP contribution is -2.19. The molecule has 1 aromatic carbocycles. The quantitative estimate of drug-likeness (QED) is 0.540. The molecule has 0 saturated carbocycles. The van der Waals surface area contributed by atoms with Crippen molar-refractivity contribution in [2.45, 2.75) is 20.0 Å². The Bertz CT molecular complexity index is 883. The van der Waals surface area contributed by atoms with Crippen molar-refractivity contribution in [3.63, 3.8) is 0 Å². The second-order valence-electron chi connectivity index (χ2n) is 5.76. The molecule has 0 atom stereocenters. The molecule has 29 heavy (non-hydrogen) atoms. The summed E-state index contributed by atoms with van der Waals surface area (Å²) < 4.78 is 61.3. The maximum Gasteiger partial charge on any atom is 0.416 e. The van der Waals surface area contributed by atoms with Gasteiger partial charge in [-0.1, -0.05) is 6.07 Å². The van der Waals surface area contributed by atoms with Crippen LogP contribution >= 0.6 is 7.60 Å². The third kappa shape index (κ3) is 6.85. The first kappa shape index (κ1) is 22.9. The van der Waals surface area contributed by atoms with E-state index < -0.39 is 31.4 Å². The molecule has 1 amide bonds. The summed E-state index contributed by atoms with van der Waals surface area (Å²) in [5, 5.41) is 5.28. The summed E-state index contributed by atoms with van der Waals surface area (Å²) >= 11 is 0. The Balaban J connectivity index is 2.17. The summed E-state index contributed by atoms with van der Waals surface area (Å²) in [5.41, 5.74) is -0.476. The summed E-state index contributed by atoms with van der Waals surface area (Å²) in [6, 6.07) is 7.62. The molecule has 1 aromatic heterocycles. The molecule has 11 heteroatoms. The molecule has 0 bridgehead atoms. The fourth-order valence-electron chi connectivity index (χ4n) is 2.40. The van der Waals surface area contributed by atoms with Gasteiger partial charge in [0.25, 0.3) is 0 Å². The van der Waals surface area contributed by atoms with Crippen molar-refractivity contribution in [2.24, 2.45) is 0 Å². The zero-order valence-corrected chi connectivity index (χ0v) is 16.7. The maximum atomic E-state index is 12.9. The van der Waals surface area contributed by atoms with Crippen LogP contribution in [0.25, 0.3) is 0 Å². The SMILES string of the molecule is CCOP(=O)(CC(=O)Nc1cccnc1Nc1cccc(C(F)(F)F)c1)OCC. The van der Waals surface area contributed by atoms with Crippen molar-refractivity contribution >= 4 is 30.7 Å². The normalized spacial score (nSPS) is 11.9. The van der Waals surface area contributed by atoms with E-state index in [0.717, 1.165) is 12.1 Å². The van der Waals surface area contributed by atoms with E-state index in [4.69, 9.17) is 9.05 Å². The predicted octanol–water partition coefficient (Wildman–Crippen LogP) is 5.05. The van der Waals surface area contributed by atoms with Crippen LogP contribution in [0.4, 0.5) is 30.4 Å². The monoisotopic (exact) mass is 431 g/mol. The first-order chi connectivity index (χ1) is 13.7. The molecule has 0 aliphatic carbocycles. The van der Waals surface area contributed by atoms with Crippen LogP contribution in [0.1, 0.15) is 19.4 Å². The van der Waals surface area contributed by atoms with Crippen LogP contribution in [0, 0.1) is 0 Å². The number of hydrogen-bond acceptors (Lipinski definition) is 6. The maximum absolute atomic E-state index is 12.9. The average Bonchev–Trinajstić information content (AvgIpc) is 2.63. The Morgan fingerprint density at radius 3 is 2.45 bits per heavy atom. The molecule has 2 aromatic rings. The molecule has 0 aliphatic rings. The van der Waals surface area contributed by atoms with Gasteiger partial charge in [0.2, 0.25) is 5.91 Å². The summed E-state index contributed by atoms with van der Waals surface area (Å²) in [7, 11) is -3.60. The molecular weight excluding hydrogens is 410 g/mol. The van der Waals surface area contributed by atoms with Gasteiger partial charge in [0.15, 0.2) is 5.82 Å². The highest BCUT2D eigenvalue weighted by atomic mass is 31.2. The number of hydrogen-bond donors (Lipinski definition) is 2. The molecule has 0 aliphatic heterocycles. The third-order valence-corrected chi connectivity index (χ3v) is 5.50. The van der Waals surface area contributed by atoms with E-state index in [2.05, 4.69) is 15.6 Å². The van der Waals surface area contributed by atoms with Crippen molar-refractivity contribution in [3.8, 4) is 0 Å². The number of carbonyl (C=O) groups is 1. The number of nitrogens with zero attached hydrogens (tertiary/aromatic N) is 1. The number of aromatic nitrogens is 1. The van der Waals surface area contributed by atoms with Crippen molar-refractivity contribution in [1.29, 1.82) is 0 Å². The van der Waals surface area contributed by atoms with Crippen molar-refractivity contribution in [2.75, 3.05) is 30.0 Å². The zero-order valence-electron chi connectivity index (χ0n) is 15.8. The Morgan fingerprint density at radius 2 is 1.83 bits per heavy atom. The van der Waals surface area contributed by atoms with E-state index in [1.165, 1.54) is 30.5 Å². The second-order valence-corrected chi connectivity index (χ2v) is 7.81. The summed E-state index contributed by atoms with van der Waals surface area (Å²) in [5.74, 6) is -0.516. The van der Waals surface area contributed by atoms with Gasteiger partial charge in [-0.2, -0.15) is 13.2 Å². The van der Waals surface area contributed by atoms with Gasteiger partial charge in [-0.15, -0.1) is 0 Å². The number of rotatable bonds is 9. The van der Waals surface area contributed by atoms with Gasteiger partial charge in [-0.25, -0.2) is 4.98 Å². The van der Waals surface area contributed by atoms with Gasteiger partial charge in [-0.3, -0.25) is 9.36 Å². The molecule has 1 heterocycles. The van der Waals surface area contributed by atoms with Crippen LogP contribution in [0.3, 0.4) is 0 Å². The number of amides is 1. The van der Waals surface area contributed by atoms with Crippen LogP contribution in [0.5, 0.6) is 0 Å². The molecule has 7 nitrogen and oxygen atoms in total. The van der Waals surface area contributed by atoms with Crippen LogP contribution < -0.4 is 10.6 Å². The van der Waals surface area contributed by atoms with E-state index in [1.54, 1.807) is 13.8 Å². The van der Waals surface area contributed by atoms with Crippen LogP contribution in [-0.2, 0) is 24.6 Å². The van der Waals surface area contributed by atoms with E-state index in [9.17, 15) is 22.5 Å². The number of alkyl halides is 3. The Morgan fingerprint density at radius 1 is 1.14 bits per heavy atom. The first-order valence-electron chi connectivity index (χ1n) is 8.74. The summed E-state index contributed by atoms with van der Waals surface area (Å²) in [6.07, 6.45) is -3.58. The van der Waals surface area contributed by atoms with Crippen LogP contribution in [-0.4, -0.2) is 30.3 Å². The highest BCUT2D eigenvalue weighted by molar-refractivity contribution is 7.54. The molecule has 0 fully saturated rings. The van der Waals surface area contributed by atoms with Crippen LogP contribution in [0.15, 0.2) is 42.6 Å². The Labute approximate surface area is 166 Å². The molecule has 2 rings (SSSR count). The van der Waals surface area contributed by atoms with E-state index in [0.29, 0.717) is 0 Å². The lowest BCUT2D eigenvalue weighted by Gasteiger charge is -2.17. The molecule has 0 saturated heterocycles. The van der Waals surface area contributed by atoms with Crippen molar-refractivity contribution in [1.82, 2.24) is 4.98 Å². The van der Waals surface area contributed by atoms with E-state index in [1.807, 2.05) is 0 Å². The number of pyridine rings is 1. The minimum atomic E-state index is -4.49. The minimum Gasteiger partial charge on any atom is -0.338 e. The number of anilines is 3. The van der Waals surface area contributed by atoms with Crippen molar-refractivity contribution < 1.29 is 31.6 Å². The molecule has 0 radical (unpaired) electrons. The zero-order chi connectivity index (χ0) is 21.5. The van der Waals surface area contributed by atoms with Crippen LogP contribution in [0.2, 0.25) is 0 Å². The predicted molar refractivity (Wildman–Crippen MR) is 103 cm³/mol. The van der Waals surface area contributed by atoms with Gasteiger partial charge in [0.05, 0.1) is 24.5 Å². The van der Waals surface area contributed by atoms with Gasteiger partial charge < -0.3 is 19.7 Å². The average molecular weight is 431 g/mol. The Kier molecular flexibility index (Phi) is 7.78. The molecule has 2 N–H and O–H groups in total. The topological polar surface area (TPSA) is 89.6 Å². The standard InChI is InChI=1S/C18H21F3N3O4P/c1-3-27-29(26,28-4-2)12-16(25)24-15-9-6-10-22-17(15)23-14-8-5-7-13(11-14)18(19,20)21/h5-11H,3-4,12H2,1-2H3,(H,22,23)(H,24,25). The molecule has 158 valence electrons. The second kappa shape index (κ2) is 9.87. The van der Waals surface area contributed by atoms with E-state index >= 15 is 0 Å². The summed E-state index contributed by atoms with van der Waals surface area (Å²) in [4.78, 5) is 16.4. The lowest BCUT2D eigenvalue weighted by molar-refractivity contribution is -0.137. The highest BCUT2D eigenvalue weighted by Crippen LogP contribution is 2.47. The third-order valence-electron chi connectivity index (χ3n) is 3.52. The summed E-state index contributed by atoms with van der Waals surface area (Å²) in [6.45, 7) is 3.48. The first-order valence-corrected chi connectivity index (χ1v) is 10.5. The molecule has 0 spiro atoms. The largest absolute Gasteiger partial charge is 0.416 e. The smallest absolute Gasteiger partial charge is 0.338 e. The Hall–Kier alpha value is -2.42. The number of carbonyl (C=O) groups excluding carboxylic acids is 1. The van der Waals surface area contributed by atoms with Gasteiger partial charge in [-0.05, 0) is 44.2 Å². The number of benzene rings is 1. The fraction of sp³-hybridized carbons (Fsp3) is 0.333. The number of nitrogens with one attached hydrogen (secondary N) is 2. The van der Waals surface area contributed by atoms with Gasteiger partial charge in [0, 0.05) is 11.9 Å². The molecule has 0 unspecified atom stereocenters. The lowest BCUT2D eigenvalue weighted by atomic mass is 10.2. The van der Waals surface area contributed by atoms with Gasteiger partial charge in [0.1, 0.15) is 6.16 Å². The fourth-order valence-corrected chi connectivity index (χ4v) is 3.88. The minimum absolute atomic E-state index is 0.111. The van der Waals surface area contributed by atoms with E-state index in [-0.39, 0.29) is 30.4 Å². The number of halogens is 3. The van der Waals surface area contributed by atoms with Gasteiger partial charge >= 0.3 is 13.8 Å². The highest BCUT2D eigenvalue weighted by Gasteiger charge is 2.30. The van der Waals surface area contributed by atoms with Crippen molar-refractivity contribution in [3.05, 3.63) is 48.2 Å².